The molecule has 0 fully saturated rings. The molecule has 0 aliphatic heterocycles. The summed E-state index contributed by atoms with van der Waals surface area (Å²) in [5.41, 5.74) is 9.26. The number of nitrogens with zero attached hydrogens (tertiary/aromatic N) is 3. The van der Waals surface area contributed by atoms with Crippen molar-refractivity contribution < 1.29 is 0 Å². The minimum Gasteiger partial charge on any atom is -0.369 e. The summed E-state index contributed by atoms with van der Waals surface area (Å²) >= 11 is 0. The molecule has 0 saturated heterocycles. The third kappa shape index (κ3) is 2.24. The molecular formula is C17H22N4. The first-order valence-electron chi connectivity index (χ1n) is 7.39. The summed E-state index contributed by atoms with van der Waals surface area (Å²) in [4.78, 5) is 8.95. The molecule has 4 heteroatoms. The van der Waals surface area contributed by atoms with Crippen LogP contribution in [0.4, 0.5) is 5.95 Å². The minimum absolute atomic E-state index is 0.145. The number of hydrogen-bond donors (Lipinski definition) is 1. The van der Waals surface area contributed by atoms with Gasteiger partial charge in [0.2, 0.25) is 5.95 Å². The highest BCUT2D eigenvalue weighted by Gasteiger charge is 2.25. The summed E-state index contributed by atoms with van der Waals surface area (Å²) < 4.78 is 2.14. The molecule has 0 unspecified atom stereocenters. The number of fused-ring (bicyclic) bond motifs is 3. The summed E-state index contributed by atoms with van der Waals surface area (Å²) in [6.07, 6.45) is 1.81. The third-order valence-corrected chi connectivity index (χ3v) is 4.64. The maximum absolute atomic E-state index is 6.18. The van der Waals surface area contributed by atoms with Crippen molar-refractivity contribution >= 4 is 27.9 Å². The molecule has 2 N–H and O–H groups in total. The molecule has 0 atom stereocenters. The predicted octanol–water partition coefficient (Wildman–Crippen LogP) is 3.85. The van der Waals surface area contributed by atoms with Gasteiger partial charge < -0.3 is 10.3 Å². The van der Waals surface area contributed by atoms with Gasteiger partial charge in [-0.2, -0.15) is 0 Å². The van der Waals surface area contributed by atoms with E-state index in [2.05, 4.69) is 48.3 Å². The molecule has 110 valence electrons. The smallest absolute Gasteiger partial charge is 0.201 e. The van der Waals surface area contributed by atoms with Crippen molar-refractivity contribution in [1.82, 2.24) is 14.5 Å². The number of para-hydroxylation sites is 1. The first-order valence-corrected chi connectivity index (χ1v) is 7.39. The van der Waals surface area contributed by atoms with Gasteiger partial charge >= 0.3 is 0 Å². The van der Waals surface area contributed by atoms with Gasteiger partial charge in [0, 0.05) is 11.9 Å². The van der Waals surface area contributed by atoms with Crippen molar-refractivity contribution in [3.8, 4) is 0 Å². The summed E-state index contributed by atoms with van der Waals surface area (Å²) in [6.45, 7) is 9.88. The van der Waals surface area contributed by atoms with Crippen LogP contribution in [-0.2, 0) is 6.54 Å². The van der Waals surface area contributed by atoms with Gasteiger partial charge in [-0.1, -0.05) is 45.9 Å². The molecule has 21 heavy (non-hydrogen) atoms. The van der Waals surface area contributed by atoms with Crippen molar-refractivity contribution in [3.63, 3.8) is 0 Å². The van der Waals surface area contributed by atoms with E-state index in [0.29, 0.717) is 11.9 Å². The number of imidazole rings is 1. The fourth-order valence-electron chi connectivity index (χ4n) is 2.53. The molecule has 2 heterocycles. The molecule has 3 rings (SSSR count). The monoisotopic (exact) mass is 282 g/mol. The van der Waals surface area contributed by atoms with E-state index in [0.717, 1.165) is 28.5 Å². The van der Waals surface area contributed by atoms with E-state index in [-0.39, 0.29) is 5.41 Å². The van der Waals surface area contributed by atoms with Crippen LogP contribution in [0.5, 0.6) is 0 Å². The molecular weight excluding hydrogens is 260 g/mol. The highest BCUT2D eigenvalue weighted by molar-refractivity contribution is 6.02. The highest BCUT2D eigenvalue weighted by Crippen LogP contribution is 2.33. The van der Waals surface area contributed by atoms with Crippen LogP contribution in [0.2, 0.25) is 0 Å². The lowest BCUT2D eigenvalue weighted by Gasteiger charge is -2.30. The Bertz CT molecular complexity index is 799. The number of rotatable bonds is 3. The zero-order chi connectivity index (χ0) is 15.2. The highest BCUT2D eigenvalue weighted by atomic mass is 15.2. The zero-order valence-corrected chi connectivity index (χ0v) is 13.1. The number of hydrogen-bond acceptors (Lipinski definition) is 3. The molecule has 0 aliphatic rings. The molecule has 4 nitrogen and oxygen atoms in total. The van der Waals surface area contributed by atoms with Gasteiger partial charge in [0.05, 0.1) is 17.2 Å². The third-order valence-electron chi connectivity index (χ3n) is 4.64. The number of benzene rings is 1. The Morgan fingerprint density at radius 2 is 1.90 bits per heavy atom. The second kappa shape index (κ2) is 4.72. The SMILES string of the molecule is CC(C)C(C)(C)Cn1c(N)nc2cnc3ccccc3c21. The lowest BCUT2D eigenvalue weighted by Crippen LogP contribution is -2.26. The van der Waals surface area contributed by atoms with Crippen molar-refractivity contribution in [2.45, 2.75) is 34.2 Å². The van der Waals surface area contributed by atoms with E-state index in [1.807, 2.05) is 24.4 Å². The van der Waals surface area contributed by atoms with Crippen molar-refractivity contribution in [2.24, 2.45) is 11.3 Å². The second-order valence-electron chi connectivity index (χ2n) is 6.71. The number of nitrogen functional groups attached to an aromatic ring is 1. The first-order chi connectivity index (χ1) is 9.90. The van der Waals surface area contributed by atoms with Crippen LogP contribution >= 0.6 is 0 Å². The summed E-state index contributed by atoms with van der Waals surface area (Å²) in [6, 6.07) is 8.15. The molecule has 0 aliphatic carbocycles. The van der Waals surface area contributed by atoms with Gasteiger partial charge in [-0.3, -0.25) is 4.98 Å². The first kappa shape index (κ1) is 13.9. The quantitative estimate of drug-likeness (QED) is 0.794. The van der Waals surface area contributed by atoms with E-state index in [9.17, 15) is 0 Å². The zero-order valence-electron chi connectivity index (χ0n) is 13.1. The largest absolute Gasteiger partial charge is 0.369 e. The molecule has 2 aromatic heterocycles. The van der Waals surface area contributed by atoms with Crippen LogP contribution in [0.25, 0.3) is 21.9 Å². The van der Waals surface area contributed by atoms with Gasteiger partial charge in [-0.25, -0.2) is 4.98 Å². The van der Waals surface area contributed by atoms with E-state index in [1.54, 1.807) is 0 Å². The molecule has 1 aromatic carbocycles. The minimum atomic E-state index is 0.145. The van der Waals surface area contributed by atoms with E-state index >= 15 is 0 Å². The number of nitrogens with two attached hydrogens (primary N) is 1. The fraction of sp³-hybridized carbons (Fsp3) is 0.412. The Hall–Kier alpha value is -2.10. The predicted molar refractivity (Wildman–Crippen MR) is 88.1 cm³/mol. The van der Waals surface area contributed by atoms with Crippen molar-refractivity contribution in [2.75, 3.05) is 5.73 Å². The van der Waals surface area contributed by atoms with Gasteiger partial charge in [0.15, 0.2) is 0 Å². The Morgan fingerprint density at radius 1 is 1.19 bits per heavy atom. The summed E-state index contributed by atoms with van der Waals surface area (Å²) in [7, 11) is 0. The molecule has 0 saturated carbocycles. The van der Waals surface area contributed by atoms with Crippen LogP contribution in [0.1, 0.15) is 27.7 Å². The Kier molecular flexibility index (Phi) is 3.12. The fourth-order valence-corrected chi connectivity index (χ4v) is 2.53. The topological polar surface area (TPSA) is 56.7 Å². The van der Waals surface area contributed by atoms with Crippen LogP contribution in [0, 0.1) is 11.3 Å². The normalized spacial score (nSPS) is 12.6. The maximum atomic E-state index is 6.18. The van der Waals surface area contributed by atoms with Crippen molar-refractivity contribution in [3.05, 3.63) is 30.5 Å². The molecule has 0 bridgehead atoms. The van der Waals surface area contributed by atoms with Gasteiger partial charge in [0.25, 0.3) is 0 Å². The molecule has 3 aromatic rings. The molecule has 0 amide bonds. The molecule has 0 spiro atoms. The summed E-state index contributed by atoms with van der Waals surface area (Å²) in [5.74, 6) is 1.12. The van der Waals surface area contributed by atoms with Gasteiger partial charge in [0.1, 0.15) is 5.52 Å². The summed E-state index contributed by atoms with van der Waals surface area (Å²) in [5, 5.41) is 1.11. The Labute approximate surface area is 125 Å². The lowest BCUT2D eigenvalue weighted by atomic mass is 9.81. The van der Waals surface area contributed by atoms with Crippen LogP contribution < -0.4 is 5.73 Å². The average Bonchev–Trinajstić information content (AvgIpc) is 2.75. The van der Waals surface area contributed by atoms with Gasteiger partial charge in [-0.15, -0.1) is 0 Å². The Balaban J connectivity index is 2.27. The van der Waals surface area contributed by atoms with Crippen LogP contribution in [0.15, 0.2) is 30.5 Å². The van der Waals surface area contributed by atoms with Crippen LogP contribution in [-0.4, -0.2) is 14.5 Å². The van der Waals surface area contributed by atoms with Gasteiger partial charge in [-0.05, 0) is 17.4 Å². The number of pyridine rings is 1. The Morgan fingerprint density at radius 3 is 2.62 bits per heavy atom. The standard InChI is InChI=1S/C17H22N4/c1-11(2)17(3,4)10-21-15-12-7-5-6-8-13(12)19-9-14(15)20-16(21)18/h5-9,11H,10H2,1-4H3,(H2,18,20). The average molecular weight is 282 g/mol. The van der Waals surface area contributed by atoms with Crippen molar-refractivity contribution in [1.29, 1.82) is 0 Å². The number of anilines is 1. The molecule has 0 radical (unpaired) electrons. The number of aromatic nitrogens is 3. The van der Waals surface area contributed by atoms with E-state index in [1.165, 1.54) is 0 Å². The van der Waals surface area contributed by atoms with E-state index < -0.39 is 0 Å². The second-order valence-corrected chi connectivity index (χ2v) is 6.71. The van der Waals surface area contributed by atoms with E-state index in [4.69, 9.17) is 5.73 Å². The maximum Gasteiger partial charge on any atom is 0.201 e. The lowest BCUT2D eigenvalue weighted by molar-refractivity contribution is 0.214. The van der Waals surface area contributed by atoms with Crippen LogP contribution in [0.3, 0.4) is 0 Å².